The van der Waals surface area contributed by atoms with Crippen molar-refractivity contribution in [2.24, 2.45) is 0 Å². The fraction of sp³-hybridized carbons (Fsp3) is 0.458. The van der Waals surface area contributed by atoms with Gasteiger partial charge in [-0.3, -0.25) is 14.1 Å². The van der Waals surface area contributed by atoms with Crippen LogP contribution in [0.2, 0.25) is 5.02 Å². The van der Waals surface area contributed by atoms with Gasteiger partial charge in [0.1, 0.15) is 11.6 Å². The third kappa shape index (κ3) is 6.15. The standard InChI is InChI=1S/C24H29ClF2N4O4S/c1-35-24(32)17-2-3-18(23(27)12-17)16-31(19-4-5-22(26)21(25)13-19)36(33,34)11-10-29-6-8-30(9-7-29)20-14-28-15-20/h2-5,12-13,20,28H,6-11,14-16H2,1H3. The molecule has 0 spiro atoms. The molecular weight excluding hydrogens is 514 g/mol. The van der Waals surface area contributed by atoms with Crippen LogP contribution >= 0.6 is 11.6 Å². The van der Waals surface area contributed by atoms with Gasteiger partial charge in [-0.25, -0.2) is 22.0 Å². The van der Waals surface area contributed by atoms with E-state index in [1.54, 1.807) is 0 Å². The number of ether oxygens (including phenoxy) is 1. The van der Waals surface area contributed by atoms with Gasteiger partial charge in [-0.05, 0) is 30.3 Å². The highest BCUT2D eigenvalue weighted by atomic mass is 35.5. The normalized spacial score (nSPS) is 17.6. The fourth-order valence-corrected chi connectivity index (χ4v) is 5.96. The summed E-state index contributed by atoms with van der Waals surface area (Å²) in [4.78, 5) is 16.2. The number of hydrogen-bond donors (Lipinski definition) is 1. The van der Waals surface area contributed by atoms with Gasteiger partial charge in [-0.1, -0.05) is 17.7 Å². The highest BCUT2D eigenvalue weighted by Crippen LogP contribution is 2.28. The van der Waals surface area contributed by atoms with E-state index in [2.05, 4.69) is 19.9 Å². The molecule has 2 aliphatic heterocycles. The molecule has 0 aromatic heterocycles. The molecule has 0 saturated carbocycles. The van der Waals surface area contributed by atoms with Crippen LogP contribution in [0, 0.1) is 11.6 Å². The molecule has 0 amide bonds. The van der Waals surface area contributed by atoms with Gasteiger partial charge < -0.3 is 10.1 Å². The van der Waals surface area contributed by atoms with Crippen molar-refractivity contribution < 1.29 is 26.7 Å². The summed E-state index contributed by atoms with van der Waals surface area (Å²) in [7, 11) is -2.76. The maximum atomic E-state index is 14.8. The summed E-state index contributed by atoms with van der Waals surface area (Å²) in [5.41, 5.74) is 0.185. The van der Waals surface area contributed by atoms with Crippen LogP contribution in [0.4, 0.5) is 14.5 Å². The minimum absolute atomic E-state index is 0.00908. The zero-order chi connectivity index (χ0) is 25.9. The van der Waals surface area contributed by atoms with E-state index >= 15 is 0 Å². The topological polar surface area (TPSA) is 82.2 Å². The Kier molecular flexibility index (Phi) is 8.46. The molecule has 2 aromatic rings. The van der Waals surface area contributed by atoms with E-state index in [1.807, 2.05) is 0 Å². The summed E-state index contributed by atoms with van der Waals surface area (Å²) in [6.45, 7) is 5.22. The van der Waals surface area contributed by atoms with E-state index in [-0.39, 0.29) is 34.1 Å². The van der Waals surface area contributed by atoms with Crippen molar-refractivity contribution in [2.75, 3.05) is 63.0 Å². The summed E-state index contributed by atoms with van der Waals surface area (Å²) >= 11 is 5.93. The van der Waals surface area contributed by atoms with Crippen molar-refractivity contribution in [3.05, 3.63) is 64.2 Å². The van der Waals surface area contributed by atoms with E-state index in [4.69, 9.17) is 11.6 Å². The number of esters is 1. The number of benzene rings is 2. The number of methoxy groups -OCH3 is 1. The van der Waals surface area contributed by atoms with Crippen molar-refractivity contribution >= 4 is 33.3 Å². The predicted molar refractivity (Wildman–Crippen MR) is 134 cm³/mol. The largest absolute Gasteiger partial charge is 0.465 e. The van der Waals surface area contributed by atoms with Gasteiger partial charge >= 0.3 is 5.97 Å². The number of hydrogen-bond acceptors (Lipinski definition) is 7. The number of nitrogens with one attached hydrogen (secondary N) is 1. The van der Waals surface area contributed by atoms with Crippen LogP contribution in [-0.4, -0.2) is 88.9 Å². The predicted octanol–water partition coefficient (Wildman–Crippen LogP) is 2.33. The van der Waals surface area contributed by atoms with Gasteiger partial charge in [-0.15, -0.1) is 0 Å². The lowest BCUT2D eigenvalue weighted by atomic mass is 10.1. The number of halogens is 3. The zero-order valence-electron chi connectivity index (χ0n) is 19.9. The molecule has 1 N–H and O–H groups in total. The van der Waals surface area contributed by atoms with E-state index in [0.717, 1.165) is 55.7 Å². The van der Waals surface area contributed by atoms with E-state index < -0.39 is 27.6 Å². The van der Waals surface area contributed by atoms with E-state index in [9.17, 15) is 22.0 Å². The van der Waals surface area contributed by atoms with E-state index in [1.165, 1.54) is 31.4 Å². The number of piperazine rings is 1. The second kappa shape index (κ2) is 11.4. The lowest BCUT2D eigenvalue weighted by Gasteiger charge is -2.43. The summed E-state index contributed by atoms with van der Waals surface area (Å²) in [6, 6.07) is 7.83. The second-order valence-corrected chi connectivity index (χ2v) is 11.3. The summed E-state index contributed by atoms with van der Waals surface area (Å²) in [6.07, 6.45) is 0. The Morgan fingerprint density at radius 1 is 1.11 bits per heavy atom. The molecule has 0 bridgehead atoms. The number of carbonyl (C=O) groups is 1. The zero-order valence-corrected chi connectivity index (χ0v) is 21.5. The molecule has 2 saturated heterocycles. The highest BCUT2D eigenvalue weighted by molar-refractivity contribution is 7.92. The molecular formula is C24H29ClF2N4O4S. The molecule has 196 valence electrons. The lowest BCUT2D eigenvalue weighted by molar-refractivity contribution is 0.0600. The molecule has 2 fully saturated rings. The van der Waals surface area contributed by atoms with Crippen LogP contribution in [0.15, 0.2) is 36.4 Å². The number of carbonyl (C=O) groups excluding carboxylic acids is 1. The number of sulfonamides is 1. The van der Waals surface area contributed by atoms with Crippen molar-refractivity contribution in [1.82, 2.24) is 15.1 Å². The van der Waals surface area contributed by atoms with Crippen LogP contribution in [0.3, 0.4) is 0 Å². The Morgan fingerprint density at radius 3 is 2.42 bits per heavy atom. The van der Waals surface area contributed by atoms with Crippen molar-refractivity contribution in [2.45, 2.75) is 12.6 Å². The first-order chi connectivity index (χ1) is 17.2. The van der Waals surface area contributed by atoms with Crippen LogP contribution in [0.1, 0.15) is 15.9 Å². The fourth-order valence-electron chi connectivity index (χ4n) is 4.30. The molecule has 8 nitrogen and oxygen atoms in total. The van der Waals surface area contributed by atoms with Crippen LogP contribution < -0.4 is 9.62 Å². The molecule has 0 unspecified atom stereocenters. The van der Waals surface area contributed by atoms with Crippen molar-refractivity contribution in [1.29, 1.82) is 0 Å². The first kappa shape index (κ1) is 26.7. The quantitative estimate of drug-likeness (QED) is 0.487. The number of anilines is 1. The summed E-state index contributed by atoms with van der Waals surface area (Å²) in [5.74, 6) is -2.35. The molecule has 4 rings (SSSR count). The Bertz CT molecular complexity index is 1200. The Morgan fingerprint density at radius 2 is 1.83 bits per heavy atom. The highest BCUT2D eigenvalue weighted by Gasteiger charge is 2.30. The van der Waals surface area contributed by atoms with Crippen LogP contribution in [0.25, 0.3) is 0 Å². The van der Waals surface area contributed by atoms with Crippen molar-refractivity contribution in [3.63, 3.8) is 0 Å². The molecule has 0 aliphatic carbocycles. The third-order valence-corrected chi connectivity index (χ3v) is 8.66. The maximum absolute atomic E-state index is 14.8. The average molecular weight is 543 g/mol. The number of nitrogens with zero attached hydrogens (tertiary/aromatic N) is 3. The summed E-state index contributed by atoms with van der Waals surface area (Å²) in [5, 5.41) is 3.02. The number of rotatable bonds is 9. The van der Waals surface area contributed by atoms with Gasteiger partial charge in [-0.2, -0.15) is 0 Å². The molecule has 2 aromatic carbocycles. The first-order valence-electron chi connectivity index (χ1n) is 11.7. The molecule has 36 heavy (non-hydrogen) atoms. The van der Waals surface area contributed by atoms with Gasteiger partial charge in [0.15, 0.2) is 0 Å². The van der Waals surface area contributed by atoms with Gasteiger partial charge in [0.05, 0.1) is 35.7 Å². The molecule has 0 atom stereocenters. The summed E-state index contributed by atoms with van der Waals surface area (Å²) < 4.78 is 61.2. The van der Waals surface area contributed by atoms with Crippen molar-refractivity contribution in [3.8, 4) is 0 Å². The Hall–Kier alpha value is -2.31. The van der Waals surface area contributed by atoms with Gasteiger partial charge in [0.2, 0.25) is 10.0 Å². The second-order valence-electron chi connectivity index (χ2n) is 8.91. The molecule has 0 radical (unpaired) electrons. The monoisotopic (exact) mass is 542 g/mol. The minimum atomic E-state index is -3.95. The average Bonchev–Trinajstić information content (AvgIpc) is 2.83. The lowest BCUT2D eigenvalue weighted by Crippen LogP contribution is -2.61. The molecule has 2 aliphatic rings. The van der Waals surface area contributed by atoms with E-state index in [0.29, 0.717) is 12.6 Å². The van der Waals surface area contributed by atoms with Gasteiger partial charge in [0, 0.05) is 57.4 Å². The molecule has 2 heterocycles. The van der Waals surface area contributed by atoms with Crippen LogP contribution in [-0.2, 0) is 21.3 Å². The van der Waals surface area contributed by atoms with Gasteiger partial charge in [0.25, 0.3) is 0 Å². The minimum Gasteiger partial charge on any atom is -0.465 e. The first-order valence-corrected chi connectivity index (χ1v) is 13.7. The molecule has 12 heteroatoms. The smallest absolute Gasteiger partial charge is 0.337 e. The SMILES string of the molecule is COC(=O)c1ccc(CN(c2ccc(F)c(Cl)c2)S(=O)(=O)CCN2CCN(C3CNC3)CC2)c(F)c1. The third-order valence-electron chi connectivity index (χ3n) is 6.66. The Labute approximate surface area is 214 Å². The Balaban J connectivity index is 1.51. The maximum Gasteiger partial charge on any atom is 0.337 e. The van der Waals surface area contributed by atoms with Crippen LogP contribution in [0.5, 0.6) is 0 Å².